The zero-order chi connectivity index (χ0) is 9.97. The van der Waals surface area contributed by atoms with E-state index in [1.54, 1.807) is 24.3 Å². The van der Waals surface area contributed by atoms with E-state index in [0.717, 1.165) is 0 Å². The second kappa shape index (κ2) is 3.65. The summed E-state index contributed by atoms with van der Waals surface area (Å²) in [5, 5.41) is 21.9. The third kappa shape index (κ3) is 1.55. The highest BCUT2D eigenvalue weighted by Gasteiger charge is 2.22. The first kappa shape index (κ1) is 8.98. The molecular weight excluding hydrogens is 184 g/mol. The Morgan fingerprint density at radius 1 is 1.43 bits per heavy atom. The van der Waals surface area contributed by atoms with Gasteiger partial charge in [-0.2, -0.15) is 5.48 Å². The lowest BCUT2D eigenvalue weighted by molar-refractivity contribution is -0.0320. The minimum atomic E-state index is -0.524. The largest absolute Gasteiger partial charge is 0.507 e. The molecule has 0 bridgehead atoms. The van der Waals surface area contributed by atoms with E-state index in [1.165, 1.54) is 0 Å². The Balaban J connectivity index is 2.22. The van der Waals surface area contributed by atoms with E-state index in [1.807, 2.05) is 5.48 Å². The molecule has 0 saturated heterocycles. The normalized spacial score (nSPS) is 20.4. The molecule has 3 N–H and O–H groups in total. The molecule has 0 aromatic heterocycles. The summed E-state index contributed by atoms with van der Waals surface area (Å²) >= 11 is 0. The van der Waals surface area contributed by atoms with Crippen LogP contribution in [0.3, 0.4) is 0 Å². The van der Waals surface area contributed by atoms with Gasteiger partial charge in [-0.05, 0) is 12.1 Å². The molecule has 1 aromatic carbocycles. The molecule has 1 heterocycles. The van der Waals surface area contributed by atoms with Crippen LogP contribution >= 0.6 is 0 Å². The van der Waals surface area contributed by atoms with Crippen molar-refractivity contribution in [3.05, 3.63) is 29.8 Å². The van der Waals surface area contributed by atoms with Crippen molar-refractivity contribution in [3.8, 4) is 5.75 Å². The van der Waals surface area contributed by atoms with Gasteiger partial charge in [0.25, 0.3) is 0 Å². The van der Waals surface area contributed by atoms with Gasteiger partial charge < -0.3 is 15.2 Å². The quantitative estimate of drug-likeness (QED) is 0.609. The number of nitrogens with one attached hydrogen (secondary N) is 1. The van der Waals surface area contributed by atoms with E-state index < -0.39 is 6.23 Å². The fraction of sp³-hybridized carbons (Fsp3) is 0.222. The van der Waals surface area contributed by atoms with Crippen molar-refractivity contribution < 1.29 is 15.2 Å². The first-order chi connectivity index (χ1) is 6.81. The van der Waals surface area contributed by atoms with Gasteiger partial charge in [0.15, 0.2) is 0 Å². The zero-order valence-electron chi connectivity index (χ0n) is 7.34. The van der Waals surface area contributed by atoms with Gasteiger partial charge in [-0.25, -0.2) is 0 Å². The fourth-order valence-corrected chi connectivity index (χ4v) is 1.32. The molecule has 2 rings (SSSR count). The summed E-state index contributed by atoms with van der Waals surface area (Å²) in [6, 6.07) is 6.86. The summed E-state index contributed by atoms with van der Waals surface area (Å²) in [5.74, 6) is 0.161. The van der Waals surface area contributed by atoms with Gasteiger partial charge in [-0.15, -0.1) is 0 Å². The number of nitrogens with zero attached hydrogens (tertiary/aromatic N) is 1. The van der Waals surface area contributed by atoms with Gasteiger partial charge in [-0.3, -0.25) is 0 Å². The van der Waals surface area contributed by atoms with Crippen LogP contribution in [-0.4, -0.2) is 22.3 Å². The molecule has 0 aliphatic carbocycles. The van der Waals surface area contributed by atoms with Gasteiger partial charge in [0.05, 0.1) is 5.71 Å². The lowest BCUT2D eigenvalue weighted by Crippen LogP contribution is -2.25. The number of oxime groups is 1. The number of hydroxylamine groups is 1. The third-order valence-corrected chi connectivity index (χ3v) is 2.03. The highest BCUT2D eigenvalue weighted by Crippen LogP contribution is 2.22. The van der Waals surface area contributed by atoms with Gasteiger partial charge in [0.1, 0.15) is 5.75 Å². The molecule has 1 aromatic rings. The number of phenols is 1. The second-order valence-electron chi connectivity index (χ2n) is 2.98. The van der Waals surface area contributed by atoms with Gasteiger partial charge >= 0.3 is 0 Å². The summed E-state index contributed by atoms with van der Waals surface area (Å²) in [7, 11) is 0. The van der Waals surface area contributed by atoms with Crippen LogP contribution in [0.5, 0.6) is 5.75 Å². The Kier molecular flexibility index (Phi) is 2.34. The van der Waals surface area contributed by atoms with Crippen molar-refractivity contribution in [2.45, 2.75) is 12.6 Å². The van der Waals surface area contributed by atoms with Crippen molar-refractivity contribution in [3.63, 3.8) is 0 Å². The van der Waals surface area contributed by atoms with Crippen LogP contribution in [0.2, 0.25) is 0 Å². The standard InChI is InChI=1S/C9H10N2O3/c12-8-4-2-1-3-6(8)7-5-9(10-13)14-11-7/h1-4,9-10,12-13H,5H2. The molecule has 1 atom stereocenters. The Morgan fingerprint density at radius 3 is 2.86 bits per heavy atom. The lowest BCUT2D eigenvalue weighted by Gasteiger charge is -2.03. The monoisotopic (exact) mass is 194 g/mol. The SMILES string of the molecule is ONC1CC(c2ccccc2O)=NO1. The molecule has 1 aliphatic heterocycles. The minimum Gasteiger partial charge on any atom is -0.507 e. The summed E-state index contributed by atoms with van der Waals surface area (Å²) in [5.41, 5.74) is 3.21. The number of aromatic hydroxyl groups is 1. The number of hydrogen-bond acceptors (Lipinski definition) is 5. The van der Waals surface area contributed by atoms with Crippen LogP contribution in [0.4, 0.5) is 0 Å². The third-order valence-electron chi connectivity index (χ3n) is 2.03. The zero-order valence-corrected chi connectivity index (χ0v) is 7.34. The molecule has 5 heteroatoms. The summed E-state index contributed by atoms with van der Waals surface area (Å²) in [4.78, 5) is 4.84. The number of phenolic OH excluding ortho intramolecular Hbond substituents is 1. The molecule has 0 fully saturated rings. The van der Waals surface area contributed by atoms with Crippen LogP contribution < -0.4 is 5.48 Å². The van der Waals surface area contributed by atoms with Crippen LogP contribution in [-0.2, 0) is 4.84 Å². The minimum absolute atomic E-state index is 0.161. The highest BCUT2D eigenvalue weighted by molar-refractivity contribution is 6.03. The molecular formula is C9H10N2O3. The summed E-state index contributed by atoms with van der Waals surface area (Å²) in [6.45, 7) is 0. The number of rotatable bonds is 2. The molecule has 0 amide bonds. The van der Waals surface area contributed by atoms with E-state index in [-0.39, 0.29) is 5.75 Å². The molecule has 0 spiro atoms. The Labute approximate surface area is 80.6 Å². The molecule has 14 heavy (non-hydrogen) atoms. The van der Waals surface area contributed by atoms with Crippen LogP contribution in [0.15, 0.2) is 29.4 Å². The van der Waals surface area contributed by atoms with Gasteiger partial charge in [0, 0.05) is 12.0 Å². The van der Waals surface area contributed by atoms with Crippen LogP contribution in [0, 0.1) is 0 Å². The van der Waals surface area contributed by atoms with Crippen molar-refractivity contribution in [1.29, 1.82) is 0 Å². The first-order valence-corrected chi connectivity index (χ1v) is 4.22. The average molecular weight is 194 g/mol. The molecule has 5 nitrogen and oxygen atoms in total. The van der Waals surface area contributed by atoms with E-state index in [2.05, 4.69) is 5.16 Å². The van der Waals surface area contributed by atoms with Gasteiger partial charge in [-0.1, -0.05) is 17.3 Å². The maximum atomic E-state index is 9.51. The van der Waals surface area contributed by atoms with Crippen molar-refractivity contribution in [2.75, 3.05) is 0 Å². The topological polar surface area (TPSA) is 74.1 Å². The van der Waals surface area contributed by atoms with E-state index in [4.69, 9.17) is 10.0 Å². The molecule has 1 aliphatic rings. The number of hydrogen-bond donors (Lipinski definition) is 3. The molecule has 0 saturated carbocycles. The van der Waals surface area contributed by atoms with Crippen molar-refractivity contribution in [1.82, 2.24) is 5.48 Å². The summed E-state index contributed by atoms with van der Waals surface area (Å²) in [6.07, 6.45) is -0.0988. The molecule has 0 radical (unpaired) electrons. The summed E-state index contributed by atoms with van der Waals surface area (Å²) < 4.78 is 0. The highest BCUT2D eigenvalue weighted by atomic mass is 16.7. The van der Waals surface area contributed by atoms with Crippen molar-refractivity contribution in [2.24, 2.45) is 5.16 Å². The molecule has 74 valence electrons. The van der Waals surface area contributed by atoms with Crippen LogP contribution in [0.25, 0.3) is 0 Å². The Bertz CT molecular complexity index is 365. The predicted molar refractivity (Wildman–Crippen MR) is 49.1 cm³/mol. The Morgan fingerprint density at radius 2 is 2.21 bits per heavy atom. The maximum Gasteiger partial charge on any atom is 0.205 e. The van der Waals surface area contributed by atoms with Gasteiger partial charge in [0.2, 0.25) is 6.23 Å². The fourth-order valence-electron chi connectivity index (χ4n) is 1.32. The molecule has 1 unspecified atom stereocenters. The smallest absolute Gasteiger partial charge is 0.205 e. The average Bonchev–Trinajstić information content (AvgIpc) is 2.67. The first-order valence-electron chi connectivity index (χ1n) is 4.22. The van der Waals surface area contributed by atoms with E-state index >= 15 is 0 Å². The lowest BCUT2D eigenvalue weighted by atomic mass is 10.1. The van der Waals surface area contributed by atoms with E-state index in [0.29, 0.717) is 17.7 Å². The second-order valence-corrected chi connectivity index (χ2v) is 2.98. The van der Waals surface area contributed by atoms with Crippen LogP contribution in [0.1, 0.15) is 12.0 Å². The predicted octanol–water partition coefficient (Wildman–Crippen LogP) is 0.821. The maximum absolute atomic E-state index is 9.51. The number of benzene rings is 1. The Hall–Kier alpha value is -1.59. The van der Waals surface area contributed by atoms with Crippen molar-refractivity contribution >= 4 is 5.71 Å². The number of para-hydroxylation sites is 1. The van der Waals surface area contributed by atoms with E-state index in [9.17, 15) is 5.11 Å².